The number of sulfone groups is 1. The van der Waals surface area contributed by atoms with Crippen LogP contribution in [0.1, 0.15) is 5.56 Å². The van der Waals surface area contributed by atoms with Crippen LogP contribution in [-0.4, -0.2) is 54.3 Å². The van der Waals surface area contributed by atoms with E-state index >= 15 is 0 Å². The predicted octanol–water partition coefficient (Wildman–Crippen LogP) is -2.01. The molecule has 1 N–H and O–H groups in total. The number of carbonyl (C=O) groups is 3. The highest BCUT2D eigenvalue weighted by Gasteiger charge is 2.60. The Kier molecular flexibility index (Phi) is 4.11. The Morgan fingerprint density at radius 2 is 1.92 bits per heavy atom. The molecule has 2 amide bonds. The van der Waals surface area contributed by atoms with Gasteiger partial charge in [0.1, 0.15) is 6.04 Å². The first-order valence-electron chi connectivity index (χ1n) is 7.48. The Morgan fingerprint density at radius 1 is 1.28 bits per heavy atom. The molecule has 0 bridgehead atoms. The number of carboxylic acid groups (broad SMARTS) is 1. The molecule has 0 spiro atoms. The number of carbonyl (C=O) groups excluding carboxylic acids is 3. The van der Waals surface area contributed by atoms with Crippen molar-refractivity contribution in [3.63, 3.8) is 0 Å². The van der Waals surface area contributed by atoms with Gasteiger partial charge in [0, 0.05) is 0 Å². The number of hydrogen-bond donors (Lipinski definition) is 1. The van der Waals surface area contributed by atoms with Gasteiger partial charge in [-0.25, -0.2) is 8.42 Å². The highest BCUT2D eigenvalue weighted by atomic mass is 32.2. The summed E-state index contributed by atoms with van der Waals surface area (Å²) in [5, 5.41) is 12.2. The van der Waals surface area contributed by atoms with E-state index in [0.717, 1.165) is 0 Å². The number of rotatable bonds is 4. The first kappa shape index (κ1) is 17.2. The molecule has 0 saturated carbocycles. The molecule has 25 heavy (non-hydrogen) atoms. The van der Waals surface area contributed by atoms with E-state index in [1.54, 1.807) is 30.3 Å². The number of fused-ring (bicyclic) bond motifs is 1. The molecule has 0 aliphatic carbocycles. The third-order valence-corrected chi connectivity index (χ3v) is 6.25. The van der Waals surface area contributed by atoms with Gasteiger partial charge in [-0.05, 0) is 11.1 Å². The predicted molar refractivity (Wildman–Crippen MR) is 84.4 cm³/mol. The van der Waals surface area contributed by atoms with Crippen molar-refractivity contribution in [2.75, 3.05) is 5.75 Å². The maximum atomic E-state index is 12.3. The minimum Gasteiger partial charge on any atom is -0.548 e. The summed E-state index contributed by atoms with van der Waals surface area (Å²) in [6.45, 7) is 3.43. The van der Waals surface area contributed by atoms with Gasteiger partial charge in [-0.15, -0.1) is 0 Å². The van der Waals surface area contributed by atoms with Crippen molar-refractivity contribution >= 4 is 27.6 Å². The van der Waals surface area contributed by atoms with E-state index in [4.69, 9.17) is 0 Å². The van der Waals surface area contributed by atoms with Crippen LogP contribution < -0.4 is 10.4 Å². The molecule has 2 aliphatic rings. The fourth-order valence-corrected chi connectivity index (χ4v) is 5.20. The van der Waals surface area contributed by atoms with Crippen molar-refractivity contribution in [2.24, 2.45) is 0 Å². The monoisotopic (exact) mass is 363 g/mol. The molecule has 132 valence electrons. The molecule has 1 aromatic carbocycles. The van der Waals surface area contributed by atoms with Crippen molar-refractivity contribution in [1.82, 2.24) is 10.2 Å². The van der Waals surface area contributed by atoms with Crippen LogP contribution >= 0.6 is 0 Å². The summed E-state index contributed by atoms with van der Waals surface area (Å²) >= 11 is 0. The molecule has 0 unspecified atom stereocenters. The van der Waals surface area contributed by atoms with Crippen molar-refractivity contribution < 1.29 is 27.9 Å². The van der Waals surface area contributed by atoms with E-state index in [1.807, 2.05) is 0 Å². The third kappa shape index (κ3) is 2.91. The largest absolute Gasteiger partial charge is 0.548 e. The Labute approximate surface area is 144 Å². The van der Waals surface area contributed by atoms with Crippen molar-refractivity contribution in [2.45, 2.75) is 23.9 Å². The summed E-state index contributed by atoms with van der Waals surface area (Å²) in [4.78, 5) is 36.3. The van der Waals surface area contributed by atoms with E-state index in [0.29, 0.717) is 10.5 Å². The van der Waals surface area contributed by atoms with Gasteiger partial charge in [0.2, 0.25) is 11.8 Å². The highest BCUT2D eigenvalue weighted by molar-refractivity contribution is 7.92. The van der Waals surface area contributed by atoms with Gasteiger partial charge in [0.25, 0.3) is 0 Å². The topological polar surface area (TPSA) is 124 Å². The van der Waals surface area contributed by atoms with Crippen LogP contribution in [0.15, 0.2) is 42.5 Å². The zero-order chi connectivity index (χ0) is 18.4. The van der Waals surface area contributed by atoms with Crippen molar-refractivity contribution in [3.8, 4) is 0 Å². The molecule has 1 aromatic rings. The lowest BCUT2D eigenvalue weighted by molar-refractivity contribution is -0.311. The normalized spacial score (nSPS) is 27.2. The SMILES string of the molecule is C=C1CS(=O)(=O)[C@@H]2[C@H](NC(=O)Cc3ccccc3)C(=O)N2[C@H]1C(=O)[O-]. The standard InChI is InChI=1S/C16H16N2O6S/c1-9-8-25(23,24)15-12(14(20)18(15)13(9)16(21)22)17-11(19)7-10-5-3-2-4-6-10/h2-6,12-13,15H,1,7-8H2,(H,17,19)(H,21,22)/p-1/t12-,13-,15-/m1/s1. The van der Waals surface area contributed by atoms with Gasteiger partial charge in [-0.1, -0.05) is 36.9 Å². The van der Waals surface area contributed by atoms with Crippen LogP contribution in [0.3, 0.4) is 0 Å². The van der Waals surface area contributed by atoms with E-state index in [2.05, 4.69) is 11.9 Å². The average molecular weight is 363 g/mol. The lowest BCUT2D eigenvalue weighted by atomic mass is 9.98. The number of benzene rings is 1. The number of amides is 2. The lowest BCUT2D eigenvalue weighted by Crippen LogP contribution is -2.79. The fraction of sp³-hybridized carbons (Fsp3) is 0.312. The summed E-state index contributed by atoms with van der Waals surface area (Å²) in [6.07, 6.45) is -0.0198. The summed E-state index contributed by atoms with van der Waals surface area (Å²) in [5.74, 6) is -3.45. The number of nitrogens with zero attached hydrogens (tertiary/aromatic N) is 1. The zero-order valence-corrected chi connectivity index (χ0v) is 13.9. The van der Waals surface area contributed by atoms with Crippen LogP contribution in [0, 0.1) is 0 Å². The average Bonchev–Trinajstić information content (AvgIpc) is 2.52. The molecule has 2 heterocycles. The Morgan fingerprint density at radius 3 is 2.52 bits per heavy atom. The molecular weight excluding hydrogens is 348 g/mol. The molecule has 0 aromatic heterocycles. The second-order valence-corrected chi connectivity index (χ2v) is 8.13. The van der Waals surface area contributed by atoms with Gasteiger partial charge in [0.05, 0.1) is 24.2 Å². The molecule has 0 radical (unpaired) electrons. The van der Waals surface area contributed by atoms with Crippen LogP contribution in [0.25, 0.3) is 0 Å². The summed E-state index contributed by atoms with van der Waals surface area (Å²) in [7, 11) is -3.84. The van der Waals surface area contributed by atoms with E-state index in [-0.39, 0.29) is 12.0 Å². The number of nitrogens with one attached hydrogen (secondary N) is 1. The lowest BCUT2D eigenvalue weighted by Gasteiger charge is -2.53. The minimum absolute atomic E-state index is 0.0198. The molecule has 2 fully saturated rings. The van der Waals surface area contributed by atoms with Crippen molar-refractivity contribution in [1.29, 1.82) is 0 Å². The Bertz CT molecular complexity index is 864. The van der Waals surface area contributed by atoms with E-state index in [9.17, 15) is 27.9 Å². The molecule has 3 atom stereocenters. The minimum atomic E-state index is -3.84. The molecular formula is C16H15N2O6S-. The summed E-state index contributed by atoms with van der Waals surface area (Å²) < 4.78 is 24.6. The molecule has 3 rings (SSSR count). The van der Waals surface area contributed by atoms with E-state index < -0.39 is 50.8 Å². The number of β-lactam (4-membered cyclic amide) rings is 1. The second-order valence-electron chi connectivity index (χ2n) is 6.03. The Balaban J connectivity index is 1.78. The first-order valence-corrected chi connectivity index (χ1v) is 9.19. The second kappa shape index (κ2) is 5.99. The summed E-state index contributed by atoms with van der Waals surface area (Å²) in [5.41, 5.74) is 0.579. The van der Waals surface area contributed by atoms with Crippen molar-refractivity contribution in [3.05, 3.63) is 48.0 Å². The number of hydrogen-bond acceptors (Lipinski definition) is 6. The highest BCUT2D eigenvalue weighted by Crippen LogP contribution is 2.35. The number of aliphatic carboxylic acids is 1. The van der Waals surface area contributed by atoms with Gasteiger partial charge in [0.15, 0.2) is 15.2 Å². The van der Waals surface area contributed by atoms with Crippen LogP contribution in [0.5, 0.6) is 0 Å². The molecule has 9 heteroatoms. The summed E-state index contributed by atoms with van der Waals surface area (Å²) in [6, 6.07) is 5.95. The van der Waals surface area contributed by atoms with Crippen LogP contribution in [0.2, 0.25) is 0 Å². The van der Waals surface area contributed by atoms with Crippen LogP contribution in [-0.2, 0) is 30.6 Å². The van der Waals surface area contributed by atoms with E-state index in [1.165, 1.54) is 0 Å². The zero-order valence-electron chi connectivity index (χ0n) is 13.0. The molecule has 2 aliphatic heterocycles. The fourth-order valence-electron chi connectivity index (χ4n) is 3.18. The maximum absolute atomic E-state index is 12.3. The molecule has 2 saturated heterocycles. The quantitative estimate of drug-likeness (QED) is 0.487. The van der Waals surface area contributed by atoms with Gasteiger partial charge in [-0.3, -0.25) is 9.59 Å². The third-order valence-electron chi connectivity index (χ3n) is 4.25. The van der Waals surface area contributed by atoms with Crippen LogP contribution in [0.4, 0.5) is 0 Å². The number of carboxylic acids is 1. The molecule has 8 nitrogen and oxygen atoms in total. The first-order chi connectivity index (χ1) is 11.7. The van der Waals surface area contributed by atoms with Gasteiger partial charge in [-0.2, -0.15) is 0 Å². The maximum Gasteiger partial charge on any atom is 0.250 e. The van der Waals surface area contributed by atoms with Gasteiger partial charge >= 0.3 is 0 Å². The van der Waals surface area contributed by atoms with Gasteiger partial charge < -0.3 is 20.1 Å². The Hall–Kier alpha value is -2.68. The smallest absolute Gasteiger partial charge is 0.250 e.